The number of rotatable bonds is 6. The van der Waals surface area contributed by atoms with Crippen molar-refractivity contribution < 1.29 is 24.2 Å². The number of methoxy groups -OCH3 is 1. The molecule has 20 heavy (non-hydrogen) atoms. The highest BCUT2D eigenvalue weighted by Crippen LogP contribution is 2.03. The van der Waals surface area contributed by atoms with Crippen LogP contribution in [0.15, 0.2) is 48.1 Å². The van der Waals surface area contributed by atoms with Crippen LogP contribution in [0.1, 0.15) is 5.56 Å². The van der Waals surface area contributed by atoms with E-state index in [9.17, 15) is 9.59 Å². The van der Waals surface area contributed by atoms with Crippen molar-refractivity contribution in [3.05, 3.63) is 53.6 Å². The molecule has 0 saturated carbocycles. The van der Waals surface area contributed by atoms with Crippen LogP contribution in [0.5, 0.6) is 0 Å². The number of hydrogen-bond donors (Lipinski definition) is 1. The standard InChI is InChI=1S/C15H16O5/c1-19-15(18)13(9-10-16)11-20-14(17)8-7-12-5-3-2-4-6-12/h2-9,16H,10-11H2,1H3. The molecule has 0 bridgehead atoms. The number of aliphatic hydroxyl groups is 1. The molecule has 1 rings (SSSR count). The largest absolute Gasteiger partial charge is 0.466 e. The van der Waals surface area contributed by atoms with Gasteiger partial charge in [0.1, 0.15) is 6.61 Å². The molecule has 0 aliphatic rings. The third-order valence-corrected chi connectivity index (χ3v) is 2.37. The van der Waals surface area contributed by atoms with E-state index in [1.165, 1.54) is 19.3 Å². The predicted octanol–water partition coefficient (Wildman–Crippen LogP) is 1.33. The highest BCUT2D eigenvalue weighted by Gasteiger charge is 2.11. The minimum Gasteiger partial charge on any atom is -0.466 e. The SMILES string of the molecule is COC(=O)C(=CCO)COC(=O)C=Cc1ccccc1. The fraction of sp³-hybridized carbons (Fsp3) is 0.200. The summed E-state index contributed by atoms with van der Waals surface area (Å²) >= 11 is 0. The maximum absolute atomic E-state index is 11.5. The van der Waals surface area contributed by atoms with Gasteiger partial charge in [-0.05, 0) is 17.7 Å². The normalized spacial score (nSPS) is 11.4. The first-order valence-corrected chi connectivity index (χ1v) is 5.95. The monoisotopic (exact) mass is 276 g/mol. The van der Waals surface area contributed by atoms with Gasteiger partial charge in [-0.2, -0.15) is 0 Å². The molecule has 0 aromatic heterocycles. The number of benzene rings is 1. The second-order valence-electron chi connectivity index (χ2n) is 3.76. The highest BCUT2D eigenvalue weighted by molar-refractivity contribution is 5.90. The van der Waals surface area contributed by atoms with Crippen LogP contribution in [0, 0.1) is 0 Å². The Morgan fingerprint density at radius 3 is 2.55 bits per heavy atom. The number of esters is 2. The minimum absolute atomic E-state index is 0.0939. The summed E-state index contributed by atoms with van der Waals surface area (Å²) in [5.41, 5.74) is 0.958. The average molecular weight is 276 g/mol. The number of carbonyl (C=O) groups is 2. The Bertz CT molecular complexity index is 502. The quantitative estimate of drug-likeness (QED) is 0.627. The van der Waals surface area contributed by atoms with Crippen LogP contribution >= 0.6 is 0 Å². The maximum Gasteiger partial charge on any atom is 0.336 e. The van der Waals surface area contributed by atoms with Gasteiger partial charge in [-0.15, -0.1) is 0 Å². The van der Waals surface area contributed by atoms with E-state index in [4.69, 9.17) is 9.84 Å². The molecule has 0 atom stereocenters. The summed E-state index contributed by atoms with van der Waals surface area (Å²) in [6, 6.07) is 9.26. The third kappa shape index (κ3) is 5.49. The molecule has 0 aliphatic carbocycles. The summed E-state index contributed by atoms with van der Waals surface area (Å²) < 4.78 is 9.39. The van der Waals surface area contributed by atoms with Gasteiger partial charge in [0.2, 0.25) is 0 Å². The molecular formula is C15H16O5. The maximum atomic E-state index is 11.5. The zero-order valence-corrected chi connectivity index (χ0v) is 11.1. The van der Waals surface area contributed by atoms with Crippen LogP contribution in [0.4, 0.5) is 0 Å². The summed E-state index contributed by atoms with van der Waals surface area (Å²) in [4.78, 5) is 22.8. The van der Waals surface area contributed by atoms with Crippen molar-refractivity contribution in [2.45, 2.75) is 0 Å². The molecule has 106 valence electrons. The molecule has 1 N–H and O–H groups in total. The Balaban J connectivity index is 2.52. The number of ether oxygens (including phenoxy) is 2. The van der Waals surface area contributed by atoms with E-state index in [1.54, 1.807) is 6.08 Å². The van der Waals surface area contributed by atoms with E-state index < -0.39 is 11.9 Å². The van der Waals surface area contributed by atoms with Gasteiger partial charge in [0.15, 0.2) is 0 Å². The van der Waals surface area contributed by atoms with Crippen LogP contribution in [-0.4, -0.2) is 37.4 Å². The van der Waals surface area contributed by atoms with Crippen molar-refractivity contribution in [2.75, 3.05) is 20.3 Å². The summed E-state index contributed by atoms with van der Waals surface area (Å²) in [5, 5.41) is 8.76. The molecule has 0 aliphatic heterocycles. The first-order valence-electron chi connectivity index (χ1n) is 5.95. The van der Waals surface area contributed by atoms with E-state index in [2.05, 4.69) is 4.74 Å². The number of hydrogen-bond acceptors (Lipinski definition) is 5. The Labute approximate surface area is 117 Å². The first kappa shape index (κ1) is 15.7. The molecule has 0 amide bonds. The minimum atomic E-state index is -0.640. The molecular weight excluding hydrogens is 260 g/mol. The topological polar surface area (TPSA) is 72.8 Å². The Morgan fingerprint density at radius 1 is 1.25 bits per heavy atom. The van der Waals surface area contributed by atoms with Crippen LogP contribution in [0.2, 0.25) is 0 Å². The van der Waals surface area contributed by atoms with Crippen LogP contribution in [-0.2, 0) is 19.1 Å². The lowest BCUT2D eigenvalue weighted by molar-refractivity contribution is -0.140. The second-order valence-corrected chi connectivity index (χ2v) is 3.76. The van der Waals surface area contributed by atoms with Crippen LogP contribution in [0.3, 0.4) is 0 Å². The smallest absolute Gasteiger partial charge is 0.336 e. The average Bonchev–Trinajstić information content (AvgIpc) is 2.49. The van der Waals surface area contributed by atoms with Crippen LogP contribution in [0.25, 0.3) is 6.08 Å². The van der Waals surface area contributed by atoms with Gasteiger partial charge in [-0.1, -0.05) is 30.3 Å². The van der Waals surface area contributed by atoms with Gasteiger partial charge >= 0.3 is 11.9 Å². The Kier molecular flexibility index (Phi) is 6.78. The molecule has 5 nitrogen and oxygen atoms in total. The van der Waals surface area contributed by atoms with E-state index in [-0.39, 0.29) is 18.8 Å². The lowest BCUT2D eigenvalue weighted by Gasteiger charge is -2.05. The first-order chi connectivity index (χ1) is 9.67. The number of aliphatic hydroxyl groups excluding tert-OH is 1. The molecule has 0 spiro atoms. The van der Waals surface area contributed by atoms with Gasteiger partial charge in [-0.3, -0.25) is 0 Å². The van der Waals surface area contributed by atoms with Gasteiger partial charge in [0.25, 0.3) is 0 Å². The number of carbonyl (C=O) groups excluding carboxylic acids is 2. The van der Waals surface area contributed by atoms with Gasteiger partial charge < -0.3 is 14.6 Å². The molecule has 0 heterocycles. The summed E-state index contributed by atoms with van der Waals surface area (Å²) in [5.74, 6) is -1.22. The van der Waals surface area contributed by atoms with Crippen LogP contribution < -0.4 is 0 Å². The van der Waals surface area contributed by atoms with Gasteiger partial charge in [0, 0.05) is 6.08 Å². The molecule has 5 heteroatoms. The Hall–Kier alpha value is -2.40. The van der Waals surface area contributed by atoms with E-state index in [1.807, 2.05) is 30.3 Å². The van der Waals surface area contributed by atoms with Crippen molar-refractivity contribution in [1.29, 1.82) is 0 Å². The summed E-state index contributed by atoms with van der Waals surface area (Å²) in [6.45, 7) is -0.576. The summed E-state index contributed by atoms with van der Waals surface area (Å²) in [6.07, 6.45) is 4.11. The highest BCUT2D eigenvalue weighted by atomic mass is 16.5. The lowest BCUT2D eigenvalue weighted by atomic mass is 10.2. The van der Waals surface area contributed by atoms with Crippen molar-refractivity contribution in [3.8, 4) is 0 Å². The summed E-state index contributed by atoms with van der Waals surface area (Å²) in [7, 11) is 1.21. The molecule has 1 aromatic rings. The fourth-order valence-corrected chi connectivity index (χ4v) is 1.37. The van der Waals surface area contributed by atoms with E-state index in [0.29, 0.717) is 0 Å². The third-order valence-electron chi connectivity index (χ3n) is 2.37. The van der Waals surface area contributed by atoms with Crippen molar-refractivity contribution in [2.24, 2.45) is 0 Å². The molecule has 0 fully saturated rings. The van der Waals surface area contributed by atoms with Gasteiger partial charge in [-0.25, -0.2) is 9.59 Å². The van der Waals surface area contributed by atoms with Gasteiger partial charge in [0.05, 0.1) is 19.3 Å². The zero-order chi connectivity index (χ0) is 14.8. The zero-order valence-electron chi connectivity index (χ0n) is 11.1. The molecule has 1 aromatic carbocycles. The van der Waals surface area contributed by atoms with Crippen molar-refractivity contribution in [3.63, 3.8) is 0 Å². The second kappa shape index (κ2) is 8.66. The fourth-order valence-electron chi connectivity index (χ4n) is 1.37. The lowest BCUT2D eigenvalue weighted by Crippen LogP contribution is -2.13. The Morgan fingerprint density at radius 2 is 1.95 bits per heavy atom. The van der Waals surface area contributed by atoms with Crippen molar-refractivity contribution >= 4 is 18.0 Å². The van der Waals surface area contributed by atoms with Crippen molar-refractivity contribution in [1.82, 2.24) is 0 Å². The molecule has 0 saturated heterocycles. The van der Waals surface area contributed by atoms with E-state index >= 15 is 0 Å². The molecule has 0 radical (unpaired) electrons. The van der Waals surface area contributed by atoms with E-state index in [0.717, 1.165) is 5.56 Å². The predicted molar refractivity (Wildman–Crippen MR) is 73.6 cm³/mol. The molecule has 0 unspecified atom stereocenters.